The van der Waals surface area contributed by atoms with E-state index < -0.39 is 11.2 Å². The zero-order chi connectivity index (χ0) is 8.27. The van der Waals surface area contributed by atoms with Crippen molar-refractivity contribution in [2.24, 2.45) is 0 Å². The lowest BCUT2D eigenvalue weighted by molar-refractivity contribution is -0.107. The molecule has 0 aliphatic carbocycles. The van der Waals surface area contributed by atoms with Crippen molar-refractivity contribution in [3.63, 3.8) is 0 Å². The van der Waals surface area contributed by atoms with Gasteiger partial charge >= 0.3 is 5.69 Å². The van der Waals surface area contributed by atoms with Crippen LogP contribution in [-0.4, -0.2) is 16.3 Å². The number of aromatic amines is 2. The van der Waals surface area contributed by atoms with Crippen LogP contribution in [0.5, 0.6) is 0 Å². The first-order valence-electron chi connectivity index (χ1n) is 2.98. The van der Waals surface area contributed by atoms with Crippen LogP contribution in [-0.2, 0) is 11.2 Å². The molecule has 0 atom stereocenters. The lowest BCUT2D eigenvalue weighted by atomic mass is 10.3. The van der Waals surface area contributed by atoms with E-state index in [-0.39, 0.29) is 12.0 Å². The first kappa shape index (κ1) is 7.46. The van der Waals surface area contributed by atoms with Crippen molar-refractivity contribution < 1.29 is 4.79 Å². The van der Waals surface area contributed by atoms with E-state index in [4.69, 9.17) is 0 Å². The molecule has 1 heterocycles. The predicted molar refractivity (Wildman–Crippen MR) is 37.5 cm³/mol. The van der Waals surface area contributed by atoms with Crippen LogP contribution in [0.1, 0.15) is 5.56 Å². The predicted octanol–water partition coefficient (Wildman–Crippen LogP) is -1.20. The fraction of sp³-hybridized carbons (Fsp3) is 0.167. The Kier molecular flexibility index (Phi) is 2.00. The molecule has 1 rings (SSSR count). The molecule has 0 radical (unpaired) electrons. The molecule has 5 heteroatoms. The molecule has 0 amide bonds. The minimum Gasteiger partial charge on any atom is -0.314 e. The molecule has 11 heavy (non-hydrogen) atoms. The molecule has 5 nitrogen and oxygen atoms in total. The van der Waals surface area contributed by atoms with Gasteiger partial charge in [0, 0.05) is 18.2 Å². The van der Waals surface area contributed by atoms with Crippen LogP contribution < -0.4 is 11.2 Å². The molecule has 0 unspecified atom stereocenters. The van der Waals surface area contributed by atoms with E-state index in [2.05, 4.69) is 4.98 Å². The zero-order valence-electron chi connectivity index (χ0n) is 5.59. The Hall–Kier alpha value is -1.65. The van der Waals surface area contributed by atoms with Gasteiger partial charge in [0.25, 0.3) is 5.56 Å². The maximum Gasteiger partial charge on any atom is 0.325 e. The fourth-order valence-electron chi connectivity index (χ4n) is 0.679. The van der Waals surface area contributed by atoms with Gasteiger partial charge in [-0.05, 0) is 0 Å². The first-order chi connectivity index (χ1) is 5.24. The van der Waals surface area contributed by atoms with Gasteiger partial charge < -0.3 is 9.78 Å². The van der Waals surface area contributed by atoms with Gasteiger partial charge in [0.1, 0.15) is 6.29 Å². The highest BCUT2D eigenvalue weighted by Crippen LogP contribution is 1.81. The van der Waals surface area contributed by atoms with E-state index in [9.17, 15) is 14.4 Å². The van der Waals surface area contributed by atoms with E-state index in [0.29, 0.717) is 6.29 Å². The number of aldehydes is 1. The van der Waals surface area contributed by atoms with Crippen LogP contribution >= 0.6 is 0 Å². The summed E-state index contributed by atoms with van der Waals surface area (Å²) in [6.07, 6.45) is 1.85. The SMILES string of the molecule is O=CCc1c[nH]c(=O)[nH]c1=O. The van der Waals surface area contributed by atoms with Crippen molar-refractivity contribution in [3.05, 3.63) is 32.6 Å². The molecule has 0 saturated carbocycles. The highest BCUT2D eigenvalue weighted by molar-refractivity contribution is 5.53. The summed E-state index contributed by atoms with van der Waals surface area (Å²) in [5.74, 6) is 0. The molecule has 0 saturated heterocycles. The van der Waals surface area contributed by atoms with Crippen LogP contribution in [0.3, 0.4) is 0 Å². The number of hydrogen-bond acceptors (Lipinski definition) is 3. The number of carbonyl (C=O) groups is 1. The maximum absolute atomic E-state index is 10.8. The molecule has 0 aliphatic heterocycles. The Morgan fingerprint density at radius 3 is 2.73 bits per heavy atom. The Morgan fingerprint density at radius 1 is 1.45 bits per heavy atom. The van der Waals surface area contributed by atoms with Crippen LogP contribution in [0.25, 0.3) is 0 Å². The van der Waals surface area contributed by atoms with Gasteiger partial charge in [-0.25, -0.2) is 4.79 Å². The molecule has 0 aromatic carbocycles. The summed E-state index contributed by atoms with van der Waals surface area (Å²) in [6.45, 7) is 0. The van der Waals surface area contributed by atoms with Gasteiger partial charge in [-0.2, -0.15) is 0 Å². The summed E-state index contributed by atoms with van der Waals surface area (Å²) in [7, 11) is 0. The third-order valence-corrected chi connectivity index (χ3v) is 1.20. The normalized spacial score (nSPS) is 9.45. The van der Waals surface area contributed by atoms with Crippen molar-refractivity contribution in [3.8, 4) is 0 Å². The lowest BCUT2D eigenvalue weighted by Gasteiger charge is -1.89. The number of nitrogens with one attached hydrogen (secondary N) is 2. The van der Waals surface area contributed by atoms with E-state index >= 15 is 0 Å². The number of H-pyrrole nitrogens is 2. The maximum atomic E-state index is 10.8. The van der Waals surface area contributed by atoms with Crippen molar-refractivity contribution in [1.29, 1.82) is 0 Å². The zero-order valence-corrected chi connectivity index (χ0v) is 5.59. The van der Waals surface area contributed by atoms with Gasteiger partial charge in [0.15, 0.2) is 0 Å². The molecule has 0 bridgehead atoms. The topological polar surface area (TPSA) is 82.8 Å². The van der Waals surface area contributed by atoms with Gasteiger partial charge in [-0.1, -0.05) is 0 Å². The molecular weight excluding hydrogens is 148 g/mol. The molecular formula is C6H6N2O3. The van der Waals surface area contributed by atoms with E-state index in [1.165, 1.54) is 6.20 Å². The molecule has 0 aliphatic rings. The average Bonchev–Trinajstić information content (AvgIpc) is 1.95. The summed E-state index contributed by atoms with van der Waals surface area (Å²) in [5.41, 5.74) is -0.815. The molecule has 0 spiro atoms. The number of hydrogen-bond donors (Lipinski definition) is 2. The second-order valence-corrected chi connectivity index (χ2v) is 1.97. The summed E-state index contributed by atoms with van der Waals surface area (Å²) in [5, 5.41) is 0. The highest BCUT2D eigenvalue weighted by atomic mass is 16.2. The number of aromatic nitrogens is 2. The van der Waals surface area contributed by atoms with Crippen LogP contribution in [0.15, 0.2) is 15.8 Å². The summed E-state index contributed by atoms with van der Waals surface area (Å²) < 4.78 is 0. The Bertz CT molecular complexity index is 363. The van der Waals surface area contributed by atoms with Crippen molar-refractivity contribution >= 4 is 6.29 Å². The van der Waals surface area contributed by atoms with E-state index in [0.717, 1.165) is 0 Å². The molecule has 2 N–H and O–H groups in total. The van der Waals surface area contributed by atoms with Crippen LogP contribution in [0.4, 0.5) is 0 Å². The summed E-state index contributed by atoms with van der Waals surface area (Å²) in [4.78, 5) is 35.5. The summed E-state index contributed by atoms with van der Waals surface area (Å²) >= 11 is 0. The fourth-order valence-corrected chi connectivity index (χ4v) is 0.679. The minimum atomic E-state index is -0.565. The van der Waals surface area contributed by atoms with Crippen molar-refractivity contribution in [1.82, 2.24) is 9.97 Å². The second kappa shape index (κ2) is 2.96. The van der Waals surface area contributed by atoms with Crippen LogP contribution in [0.2, 0.25) is 0 Å². The third kappa shape index (κ3) is 1.64. The third-order valence-electron chi connectivity index (χ3n) is 1.20. The van der Waals surface area contributed by atoms with Gasteiger partial charge in [-0.15, -0.1) is 0 Å². The molecule has 0 fully saturated rings. The average molecular weight is 154 g/mol. The smallest absolute Gasteiger partial charge is 0.314 e. The quantitative estimate of drug-likeness (QED) is 0.525. The first-order valence-corrected chi connectivity index (χ1v) is 2.98. The molecule has 58 valence electrons. The largest absolute Gasteiger partial charge is 0.325 e. The summed E-state index contributed by atoms with van der Waals surface area (Å²) in [6, 6.07) is 0. The Balaban J connectivity index is 3.19. The molecule has 1 aromatic rings. The van der Waals surface area contributed by atoms with Gasteiger partial charge in [-0.3, -0.25) is 9.78 Å². The van der Waals surface area contributed by atoms with Crippen molar-refractivity contribution in [2.75, 3.05) is 0 Å². The van der Waals surface area contributed by atoms with Crippen molar-refractivity contribution in [2.45, 2.75) is 6.42 Å². The minimum absolute atomic E-state index is 0.0200. The Labute approximate surface area is 61.1 Å². The van der Waals surface area contributed by atoms with E-state index in [1.807, 2.05) is 4.98 Å². The highest BCUT2D eigenvalue weighted by Gasteiger charge is 1.96. The number of carbonyl (C=O) groups excluding carboxylic acids is 1. The van der Waals surface area contributed by atoms with Gasteiger partial charge in [0.05, 0.1) is 0 Å². The number of rotatable bonds is 2. The van der Waals surface area contributed by atoms with E-state index in [1.54, 1.807) is 0 Å². The van der Waals surface area contributed by atoms with Gasteiger partial charge in [0.2, 0.25) is 0 Å². The second-order valence-electron chi connectivity index (χ2n) is 1.97. The monoisotopic (exact) mass is 154 g/mol. The standard InChI is InChI=1S/C6H6N2O3/c9-2-1-4-3-7-6(11)8-5(4)10/h2-3H,1H2,(H2,7,8,10,11). The van der Waals surface area contributed by atoms with Crippen LogP contribution in [0, 0.1) is 0 Å². The lowest BCUT2D eigenvalue weighted by Crippen LogP contribution is -2.24. The Morgan fingerprint density at radius 2 is 2.18 bits per heavy atom. The molecule has 1 aromatic heterocycles.